The Bertz CT molecular complexity index is 158. The van der Waals surface area contributed by atoms with E-state index in [1.807, 2.05) is 0 Å². The van der Waals surface area contributed by atoms with Crippen molar-refractivity contribution in [3.05, 3.63) is 12.3 Å². The Morgan fingerprint density at radius 2 is 2.10 bits per heavy atom. The Morgan fingerprint density at radius 3 is 2.30 bits per heavy atom. The van der Waals surface area contributed by atoms with Crippen LogP contribution < -0.4 is 0 Å². The number of hydrogen-bond acceptors (Lipinski definition) is 1. The molecule has 0 spiro atoms. The van der Waals surface area contributed by atoms with Crippen LogP contribution in [0, 0.1) is 5.41 Å². The topological polar surface area (TPSA) is 3.24 Å². The Labute approximate surface area is 63.7 Å². The first-order chi connectivity index (χ1) is 4.51. The summed E-state index contributed by atoms with van der Waals surface area (Å²) in [5.41, 5.74) is 1.63. The largest absolute Gasteiger partial charge is 0.374 e. The lowest BCUT2D eigenvalue weighted by Crippen LogP contribution is -2.56. The van der Waals surface area contributed by atoms with Gasteiger partial charge in [-0.15, -0.1) is 0 Å². The summed E-state index contributed by atoms with van der Waals surface area (Å²) in [6.07, 6.45) is 1.22. The minimum atomic E-state index is 0.351. The van der Waals surface area contributed by atoms with Crippen molar-refractivity contribution < 1.29 is 0 Å². The van der Waals surface area contributed by atoms with Crippen LogP contribution >= 0.6 is 0 Å². The molecule has 0 amide bonds. The van der Waals surface area contributed by atoms with E-state index in [9.17, 15) is 0 Å². The van der Waals surface area contributed by atoms with Crippen molar-refractivity contribution in [1.29, 1.82) is 0 Å². The van der Waals surface area contributed by atoms with Gasteiger partial charge in [0.15, 0.2) is 0 Å². The summed E-state index contributed by atoms with van der Waals surface area (Å²) < 4.78 is 0. The van der Waals surface area contributed by atoms with E-state index in [0.29, 0.717) is 11.5 Å². The van der Waals surface area contributed by atoms with Gasteiger partial charge < -0.3 is 4.90 Å². The lowest BCUT2D eigenvalue weighted by molar-refractivity contribution is 0.0384. The second-order valence-electron chi connectivity index (χ2n) is 3.70. The minimum absolute atomic E-state index is 0.351. The van der Waals surface area contributed by atoms with E-state index >= 15 is 0 Å². The molecule has 0 aliphatic carbocycles. The Kier molecular flexibility index (Phi) is 1.54. The average Bonchev–Trinajstić information content (AvgIpc) is 1.88. The highest BCUT2D eigenvalue weighted by molar-refractivity contribution is 5.21. The molecular formula is C9H17N. The van der Waals surface area contributed by atoms with Crippen molar-refractivity contribution in [3.8, 4) is 0 Å². The van der Waals surface area contributed by atoms with Crippen LogP contribution in [0.1, 0.15) is 27.2 Å². The summed E-state index contributed by atoms with van der Waals surface area (Å²) >= 11 is 0. The van der Waals surface area contributed by atoms with Crippen LogP contribution in [-0.4, -0.2) is 18.0 Å². The van der Waals surface area contributed by atoms with Crippen LogP contribution in [0.2, 0.25) is 0 Å². The lowest BCUT2D eigenvalue weighted by Gasteiger charge is -2.55. The SMILES string of the molecule is C=C1N(C)C(CC)C1(C)C. The van der Waals surface area contributed by atoms with Gasteiger partial charge in [0, 0.05) is 24.2 Å². The predicted molar refractivity (Wildman–Crippen MR) is 44.8 cm³/mol. The van der Waals surface area contributed by atoms with Crippen molar-refractivity contribution in [2.45, 2.75) is 33.2 Å². The lowest BCUT2D eigenvalue weighted by atomic mass is 9.71. The number of hydrogen-bond donors (Lipinski definition) is 0. The molecule has 1 unspecified atom stereocenters. The Hall–Kier alpha value is -0.460. The third-order valence-electron chi connectivity index (χ3n) is 2.86. The molecule has 1 fully saturated rings. The monoisotopic (exact) mass is 139 g/mol. The molecule has 0 saturated carbocycles. The molecule has 0 aromatic heterocycles. The van der Waals surface area contributed by atoms with Gasteiger partial charge in [0.05, 0.1) is 0 Å². The molecule has 0 aromatic rings. The molecule has 1 aliphatic heterocycles. The van der Waals surface area contributed by atoms with Crippen LogP contribution in [0.5, 0.6) is 0 Å². The van der Waals surface area contributed by atoms with Crippen LogP contribution in [0.25, 0.3) is 0 Å². The fourth-order valence-electron chi connectivity index (χ4n) is 2.04. The van der Waals surface area contributed by atoms with E-state index < -0.39 is 0 Å². The molecular weight excluding hydrogens is 122 g/mol. The zero-order valence-electron chi connectivity index (χ0n) is 7.44. The third-order valence-corrected chi connectivity index (χ3v) is 2.86. The fourth-order valence-corrected chi connectivity index (χ4v) is 2.04. The van der Waals surface area contributed by atoms with Gasteiger partial charge in [-0.25, -0.2) is 0 Å². The van der Waals surface area contributed by atoms with Crippen LogP contribution in [0.3, 0.4) is 0 Å². The molecule has 10 heavy (non-hydrogen) atoms. The first-order valence-electron chi connectivity index (χ1n) is 3.94. The smallest absolute Gasteiger partial charge is 0.0386 e. The predicted octanol–water partition coefficient (Wildman–Crippen LogP) is 2.25. The summed E-state index contributed by atoms with van der Waals surface area (Å²) in [5, 5.41) is 0. The van der Waals surface area contributed by atoms with Crippen molar-refractivity contribution in [2.24, 2.45) is 5.41 Å². The first kappa shape index (κ1) is 7.64. The standard InChI is InChI=1S/C9H17N/c1-6-8-9(3,4)7(2)10(8)5/h8H,2,6H2,1,3-5H3. The second-order valence-corrected chi connectivity index (χ2v) is 3.70. The molecule has 58 valence electrons. The van der Waals surface area contributed by atoms with Gasteiger partial charge in [0.1, 0.15) is 0 Å². The number of nitrogens with zero attached hydrogens (tertiary/aromatic N) is 1. The summed E-state index contributed by atoms with van der Waals surface area (Å²) in [7, 11) is 2.13. The zero-order chi connectivity index (χ0) is 7.94. The van der Waals surface area contributed by atoms with Crippen LogP contribution in [0.4, 0.5) is 0 Å². The van der Waals surface area contributed by atoms with E-state index in [1.54, 1.807) is 0 Å². The molecule has 1 heterocycles. The molecule has 1 aliphatic rings. The molecule has 0 radical (unpaired) electrons. The van der Waals surface area contributed by atoms with Gasteiger partial charge in [-0.2, -0.15) is 0 Å². The Morgan fingerprint density at radius 1 is 1.60 bits per heavy atom. The summed E-state index contributed by atoms with van der Waals surface area (Å²) in [6.45, 7) is 10.8. The van der Waals surface area contributed by atoms with Gasteiger partial charge in [0.25, 0.3) is 0 Å². The van der Waals surface area contributed by atoms with Gasteiger partial charge in [-0.3, -0.25) is 0 Å². The van der Waals surface area contributed by atoms with E-state index in [1.165, 1.54) is 12.1 Å². The van der Waals surface area contributed by atoms with Crippen molar-refractivity contribution in [1.82, 2.24) is 4.90 Å². The zero-order valence-corrected chi connectivity index (χ0v) is 7.44. The molecule has 1 atom stereocenters. The highest BCUT2D eigenvalue weighted by atomic mass is 15.2. The first-order valence-corrected chi connectivity index (χ1v) is 3.94. The normalized spacial score (nSPS) is 30.2. The summed E-state index contributed by atoms with van der Waals surface area (Å²) in [5.74, 6) is 0. The molecule has 0 bridgehead atoms. The summed E-state index contributed by atoms with van der Waals surface area (Å²) in [6, 6.07) is 0.708. The molecule has 1 saturated heterocycles. The molecule has 0 N–H and O–H groups in total. The molecule has 1 rings (SSSR count). The molecule has 1 nitrogen and oxygen atoms in total. The van der Waals surface area contributed by atoms with E-state index in [2.05, 4.69) is 39.3 Å². The molecule has 1 heteroatoms. The third kappa shape index (κ3) is 0.695. The maximum atomic E-state index is 4.02. The van der Waals surface area contributed by atoms with Crippen LogP contribution in [0.15, 0.2) is 12.3 Å². The fraction of sp³-hybridized carbons (Fsp3) is 0.778. The van der Waals surface area contributed by atoms with Gasteiger partial charge in [0.2, 0.25) is 0 Å². The van der Waals surface area contributed by atoms with Gasteiger partial charge in [-0.05, 0) is 6.42 Å². The van der Waals surface area contributed by atoms with Crippen molar-refractivity contribution >= 4 is 0 Å². The van der Waals surface area contributed by atoms with E-state index in [0.717, 1.165) is 0 Å². The Balaban J connectivity index is 2.71. The number of likely N-dealkylation sites (tertiary alicyclic amines) is 1. The highest BCUT2D eigenvalue weighted by Crippen LogP contribution is 2.45. The quantitative estimate of drug-likeness (QED) is 0.538. The van der Waals surface area contributed by atoms with Crippen LogP contribution in [-0.2, 0) is 0 Å². The number of rotatable bonds is 1. The maximum Gasteiger partial charge on any atom is 0.0386 e. The average molecular weight is 139 g/mol. The summed E-state index contributed by atoms with van der Waals surface area (Å²) in [4.78, 5) is 2.28. The minimum Gasteiger partial charge on any atom is -0.374 e. The van der Waals surface area contributed by atoms with Crippen molar-refractivity contribution in [2.75, 3.05) is 7.05 Å². The highest BCUT2D eigenvalue weighted by Gasteiger charge is 2.45. The van der Waals surface area contributed by atoms with E-state index in [-0.39, 0.29) is 0 Å². The molecule has 0 aromatic carbocycles. The van der Waals surface area contributed by atoms with E-state index in [4.69, 9.17) is 0 Å². The van der Waals surface area contributed by atoms with Gasteiger partial charge in [-0.1, -0.05) is 27.4 Å². The maximum absolute atomic E-state index is 4.02. The second kappa shape index (κ2) is 2.01. The van der Waals surface area contributed by atoms with Crippen molar-refractivity contribution in [3.63, 3.8) is 0 Å². The van der Waals surface area contributed by atoms with Gasteiger partial charge >= 0.3 is 0 Å².